The Morgan fingerprint density at radius 1 is 1.50 bits per heavy atom. The molecule has 1 unspecified atom stereocenters. The first kappa shape index (κ1) is 9.96. The van der Waals surface area contributed by atoms with Gasteiger partial charge in [0, 0.05) is 12.6 Å². The smallest absolute Gasteiger partial charge is 0.0897 e. The van der Waals surface area contributed by atoms with E-state index < -0.39 is 0 Å². The molecule has 0 aromatic carbocycles. The summed E-state index contributed by atoms with van der Waals surface area (Å²) < 4.78 is 5.27. The summed E-state index contributed by atoms with van der Waals surface area (Å²) in [5, 5.41) is 12.6. The average molecular weight is 173 g/mol. The number of aliphatic hydroxyl groups is 1. The summed E-state index contributed by atoms with van der Waals surface area (Å²) in [6, 6.07) is 0.665. The topological polar surface area (TPSA) is 41.5 Å². The highest BCUT2D eigenvalue weighted by Gasteiger charge is 2.21. The maximum Gasteiger partial charge on any atom is 0.0897 e. The fraction of sp³-hybridized carbons (Fsp3) is 1.00. The first-order valence-electron chi connectivity index (χ1n) is 4.71. The Balaban J connectivity index is 1.91. The second-order valence-electron chi connectivity index (χ2n) is 3.72. The lowest BCUT2D eigenvalue weighted by molar-refractivity contribution is 0.00630. The molecule has 1 aliphatic carbocycles. The van der Waals surface area contributed by atoms with E-state index in [1.54, 1.807) is 0 Å². The van der Waals surface area contributed by atoms with Crippen LogP contribution in [-0.4, -0.2) is 36.5 Å². The average Bonchev–Trinajstić information content (AvgIpc) is 2.80. The maximum atomic E-state index is 9.39. The third kappa shape index (κ3) is 4.70. The predicted molar refractivity (Wildman–Crippen MR) is 48.1 cm³/mol. The molecule has 0 aromatic heterocycles. The van der Waals surface area contributed by atoms with Gasteiger partial charge in [-0.3, -0.25) is 0 Å². The zero-order chi connectivity index (χ0) is 8.97. The van der Waals surface area contributed by atoms with Crippen LogP contribution in [0.1, 0.15) is 26.7 Å². The standard InChI is InChI=1S/C9H19NO2/c1-7(2)12-6-9(11)5-10-8-3-4-8/h7-11H,3-6H2,1-2H3. The molecule has 1 saturated carbocycles. The van der Waals surface area contributed by atoms with Gasteiger partial charge in [0.25, 0.3) is 0 Å². The lowest BCUT2D eigenvalue weighted by atomic mass is 10.3. The van der Waals surface area contributed by atoms with Gasteiger partial charge >= 0.3 is 0 Å². The molecule has 72 valence electrons. The van der Waals surface area contributed by atoms with Crippen LogP contribution in [0.5, 0.6) is 0 Å². The minimum Gasteiger partial charge on any atom is -0.389 e. The number of rotatable bonds is 6. The molecule has 0 saturated heterocycles. The van der Waals surface area contributed by atoms with Gasteiger partial charge in [-0.15, -0.1) is 0 Å². The molecule has 12 heavy (non-hydrogen) atoms. The van der Waals surface area contributed by atoms with Crippen molar-refractivity contribution in [2.24, 2.45) is 0 Å². The monoisotopic (exact) mass is 173 g/mol. The van der Waals surface area contributed by atoms with Crippen LogP contribution in [0.2, 0.25) is 0 Å². The van der Waals surface area contributed by atoms with E-state index in [-0.39, 0.29) is 12.2 Å². The van der Waals surface area contributed by atoms with Crippen LogP contribution in [0, 0.1) is 0 Å². The van der Waals surface area contributed by atoms with Gasteiger partial charge < -0.3 is 15.2 Å². The van der Waals surface area contributed by atoms with Gasteiger partial charge in [0.15, 0.2) is 0 Å². The fourth-order valence-corrected chi connectivity index (χ4v) is 0.953. The SMILES string of the molecule is CC(C)OCC(O)CNC1CC1. The Bertz CT molecular complexity index is 118. The molecule has 0 heterocycles. The van der Waals surface area contributed by atoms with Crippen molar-refractivity contribution in [3.63, 3.8) is 0 Å². The Labute approximate surface area is 74.1 Å². The van der Waals surface area contributed by atoms with E-state index in [4.69, 9.17) is 4.74 Å². The lowest BCUT2D eigenvalue weighted by Gasteiger charge is -2.13. The molecule has 0 spiro atoms. The van der Waals surface area contributed by atoms with E-state index in [1.165, 1.54) is 12.8 Å². The van der Waals surface area contributed by atoms with Crippen LogP contribution in [-0.2, 0) is 4.74 Å². The Kier molecular flexibility index (Phi) is 3.98. The second-order valence-corrected chi connectivity index (χ2v) is 3.72. The largest absolute Gasteiger partial charge is 0.389 e. The van der Waals surface area contributed by atoms with Gasteiger partial charge in [0.05, 0.1) is 18.8 Å². The van der Waals surface area contributed by atoms with Crippen LogP contribution >= 0.6 is 0 Å². The summed E-state index contributed by atoms with van der Waals surface area (Å²) in [4.78, 5) is 0. The first-order valence-corrected chi connectivity index (χ1v) is 4.71. The molecule has 0 radical (unpaired) electrons. The first-order chi connectivity index (χ1) is 5.68. The van der Waals surface area contributed by atoms with Crippen molar-refractivity contribution in [2.75, 3.05) is 13.2 Å². The zero-order valence-electron chi connectivity index (χ0n) is 7.92. The van der Waals surface area contributed by atoms with Gasteiger partial charge in [-0.25, -0.2) is 0 Å². The molecule has 3 heteroatoms. The minimum atomic E-state index is -0.354. The molecule has 1 fully saturated rings. The van der Waals surface area contributed by atoms with E-state index in [2.05, 4.69) is 5.32 Å². The lowest BCUT2D eigenvalue weighted by Crippen LogP contribution is -2.32. The van der Waals surface area contributed by atoms with E-state index in [1.807, 2.05) is 13.8 Å². The number of nitrogens with one attached hydrogen (secondary N) is 1. The van der Waals surface area contributed by atoms with Crippen molar-refractivity contribution < 1.29 is 9.84 Å². The summed E-state index contributed by atoms with van der Waals surface area (Å²) in [5.41, 5.74) is 0. The minimum absolute atomic E-state index is 0.209. The Morgan fingerprint density at radius 2 is 2.17 bits per heavy atom. The summed E-state index contributed by atoms with van der Waals surface area (Å²) in [6.07, 6.45) is 2.38. The number of aliphatic hydroxyl groups excluding tert-OH is 1. The van der Waals surface area contributed by atoms with Crippen molar-refractivity contribution in [1.82, 2.24) is 5.32 Å². The summed E-state index contributed by atoms with van der Waals surface area (Å²) in [5.74, 6) is 0. The van der Waals surface area contributed by atoms with Crippen LogP contribution in [0.15, 0.2) is 0 Å². The molecule has 1 rings (SSSR count). The highest BCUT2D eigenvalue weighted by atomic mass is 16.5. The van der Waals surface area contributed by atoms with Gasteiger partial charge in [0.2, 0.25) is 0 Å². The molecule has 1 atom stereocenters. The molecular weight excluding hydrogens is 154 g/mol. The molecule has 0 amide bonds. The van der Waals surface area contributed by atoms with Gasteiger partial charge in [-0.1, -0.05) is 0 Å². The van der Waals surface area contributed by atoms with Gasteiger partial charge in [-0.2, -0.15) is 0 Å². The molecule has 0 bridgehead atoms. The molecule has 1 aliphatic rings. The number of ether oxygens (including phenoxy) is 1. The zero-order valence-corrected chi connectivity index (χ0v) is 7.92. The number of hydrogen-bond donors (Lipinski definition) is 2. The van der Waals surface area contributed by atoms with Crippen LogP contribution < -0.4 is 5.32 Å². The summed E-state index contributed by atoms with van der Waals surface area (Å²) in [7, 11) is 0. The Hall–Kier alpha value is -0.120. The molecule has 2 N–H and O–H groups in total. The molecular formula is C9H19NO2. The van der Waals surface area contributed by atoms with E-state index in [9.17, 15) is 5.11 Å². The molecule has 0 aromatic rings. The van der Waals surface area contributed by atoms with E-state index in [0.29, 0.717) is 19.2 Å². The quantitative estimate of drug-likeness (QED) is 0.615. The van der Waals surface area contributed by atoms with E-state index in [0.717, 1.165) is 0 Å². The fourth-order valence-electron chi connectivity index (χ4n) is 0.953. The maximum absolute atomic E-state index is 9.39. The summed E-state index contributed by atoms with van der Waals surface area (Å²) >= 11 is 0. The summed E-state index contributed by atoms with van der Waals surface area (Å²) in [6.45, 7) is 5.05. The number of hydrogen-bond acceptors (Lipinski definition) is 3. The van der Waals surface area contributed by atoms with Gasteiger partial charge in [-0.05, 0) is 26.7 Å². The highest BCUT2D eigenvalue weighted by molar-refractivity contribution is 4.81. The van der Waals surface area contributed by atoms with Crippen LogP contribution in [0.25, 0.3) is 0 Å². The van der Waals surface area contributed by atoms with Crippen molar-refractivity contribution in [1.29, 1.82) is 0 Å². The third-order valence-electron chi connectivity index (χ3n) is 1.84. The van der Waals surface area contributed by atoms with Crippen molar-refractivity contribution in [3.8, 4) is 0 Å². The highest BCUT2D eigenvalue weighted by Crippen LogP contribution is 2.18. The van der Waals surface area contributed by atoms with Gasteiger partial charge in [0.1, 0.15) is 0 Å². The molecule has 3 nitrogen and oxygen atoms in total. The van der Waals surface area contributed by atoms with Crippen molar-refractivity contribution >= 4 is 0 Å². The molecule has 0 aliphatic heterocycles. The second kappa shape index (κ2) is 4.80. The van der Waals surface area contributed by atoms with Crippen molar-refractivity contribution in [2.45, 2.75) is 44.9 Å². The normalized spacial score (nSPS) is 20.0. The van der Waals surface area contributed by atoms with E-state index >= 15 is 0 Å². The van der Waals surface area contributed by atoms with Crippen molar-refractivity contribution in [3.05, 3.63) is 0 Å². The predicted octanol–water partition coefficient (Wildman–Crippen LogP) is 0.524. The van der Waals surface area contributed by atoms with Crippen LogP contribution in [0.4, 0.5) is 0 Å². The third-order valence-corrected chi connectivity index (χ3v) is 1.84. The Morgan fingerprint density at radius 3 is 2.67 bits per heavy atom. The van der Waals surface area contributed by atoms with Crippen LogP contribution in [0.3, 0.4) is 0 Å².